The van der Waals surface area contributed by atoms with Crippen LogP contribution in [0.3, 0.4) is 0 Å². The summed E-state index contributed by atoms with van der Waals surface area (Å²) in [7, 11) is 0. The number of hydrogen-bond donors (Lipinski definition) is 1. The highest BCUT2D eigenvalue weighted by atomic mass is 32.1. The number of carbonyl (C=O) groups excluding carboxylic acids is 2. The van der Waals surface area contributed by atoms with Crippen LogP contribution in [0.1, 0.15) is 55.0 Å². The Kier molecular flexibility index (Phi) is 5.73. The van der Waals surface area contributed by atoms with Gasteiger partial charge in [-0.25, -0.2) is 4.98 Å². The molecular formula is C15H23N3O2S. The smallest absolute Gasteiger partial charge is 0.270 e. The van der Waals surface area contributed by atoms with E-state index in [2.05, 4.69) is 17.2 Å². The van der Waals surface area contributed by atoms with Gasteiger partial charge in [0.05, 0.1) is 6.54 Å². The first-order valence-corrected chi connectivity index (χ1v) is 8.55. The van der Waals surface area contributed by atoms with Gasteiger partial charge in [-0.15, -0.1) is 11.3 Å². The minimum absolute atomic E-state index is 0.130. The lowest BCUT2D eigenvalue weighted by Gasteiger charge is -2.20. The predicted molar refractivity (Wildman–Crippen MR) is 83.2 cm³/mol. The highest BCUT2D eigenvalue weighted by molar-refractivity contribution is 7.09. The van der Waals surface area contributed by atoms with E-state index in [4.69, 9.17) is 0 Å². The molecule has 0 radical (unpaired) electrons. The molecular weight excluding hydrogens is 286 g/mol. The summed E-state index contributed by atoms with van der Waals surface area (Å²) in [4.78, 5) is 30.3. The summed E-state index contributed by atoms with van der Waals surface area (Å²) >= 11 is 1.45. The standard InChI is InChI=1S/C15H23N3O2S/c1-3-7-16-14(19)12-10-21-13(17-12)9-18(8-4-2)15(20)11-5-6-11/h10-11H,3-9H2,1-2H3,(H,16,19). The van der Waals surface area contributed by atoms with E-state index in [0.29, 0.717) is 18.8 Å². The monoisotopic (exact) mass is 309 g/mol. The van der Waals surface area contributed by atoms with Gasteiger partial charge in [0, 0.05) is 24.4 Å². The molecule has 21 heavy (non-hydrogen) atoms. The van der Waals surface area contributed by atoms with Gasteiger partial charge in [0.2, 0.25) is 5.91 Å². The second-order valence-corrected chi connectivity index (χ2v) is 6.36. The van der Waals surface area contributed by atoms with Gasteiger partial charge in [-0.05, 0) is 25.7 Å². The molecule has 1 aromatic heterocycles. The summed E-state index contributed by atoms with van der Waals surface area (Å²) in [6, 6.07) is 0. The molecule has 0 atom stereocenters. The van der Waals surface area contributed by atoms with Gasteiger partial charge in [-0.3, -0.25) is 9.59 Å². The first-order chi connectivity index (χ1) is 10.2. The quantitative estimate of drug-likeness (QED) is 0.802. The number of carbonyl (C=O) groups is 2. The third-order valence-corrected chi connectivity index (χ3v) is 4.21. The van der Waals surface area contributed by atoms with E-state index < -0.39 is 0 Å². The fourth-order valence-electron chi connectivity index (χ4n) is 2.11. The Hall–Kier alpha value is -1.43. The number of nitrogens with zero attached hydrogens (tertiary/aromatic N) is 2. The summed E-state index contributed by atoms with van der Waals surface area (Å²) in [5.74, 6) is 0.336. The van der Waals surface area contributed by atoms with E-state index in [1.807, 2.05) is 11.8 Å². The number of rotatable bonds is 8. The first kappa shape index (κ1) is 15.9. The van der Waals surface area contributed by atoms with Crippen molar-refractivity contribution in [2.75, 3.05) is 13.1 Å². The first-order valence-electron chi connectivity index (χ1n) is 7.67. The number of amides is 2. The Morgan fingerprint density at radius 3 is 2.76 bits per heavy atom. The third-order valence-electron chi connectivity index (χ3n) is 3.38. The van der Waals surface area contributed by atoms with Gasteiger partial charge in [0.1, 0.15) is 10.7 Å². The van der Waals surface area contributed by atoms with Gasteiger partial charge in [-0.2, -0.15) is 0 Å². The molecule has 5 nitrogen and oxygen atoms in total. The van der Waals surface area contributed by atoms with Crippen molar-refractivity contribution in [2.45, 2.75) is 46.1 Å². The van der Waals surface area contributed by atoms with Crippen LogP contribution in [0.15, 0.2) is 5.38 Å². The van der Waals surface area contributed by atoms with Gasteiger partial charge in [-0.1, -0.05) is 13.8 Å². The maximum Gasteiger partial charge on any atom is 0.270 e. The van der Waals surface area contributed by atoms with Gasteiger partial charge in [0.25, 0.3) is 5.91 Å². The Balaban J connectivity index is 1.95. The number of nitrogens with one attached hydrogen (secondary N) is 1. The van der Waals surface area contributed by atoms with E-state index in [1.165, 1.54) is 11.3 Å². The zero-order valence-electron chi connectivity index (χ0n) is 12.7. The van der Waals surface area contributed by atoms with E-state index in [9.17, 15) is 9.59 Å². The lowest BCUT2D eigenvalue weighted by molar-refractivity contribution is -0.133. The topological polar surface area (TPSA) is 62.3 Å². The summed E-state index contributed by atoms with van der Waals surface area (Å²) in [5.41, 5.74) is 0.457. The molecule has 0 saturated heterocycles. The average molecular weight is 309 g/mol. The van der Waals surface area contributed by atoms with Crippen molar-refractivity contribution in [3.8, 4) is 0 Å². The van der Waals surface area contributed by atoms with Gasteiger partial charge < -0.3 is 10.2 Å². The molecule has 1 aliphatic carbocycles. The van der Waals surface area contributed by atoms with Crippen LogP contribution in [-0.2, 0) is 11.3 Å². The average Bonchev–Trinajstić information content (AvgIpc) is 3.23. The Bertz CT molecular complexity index is 497. The lowest BCUT2D eigenvalue weighted by atomic mass is 10.3. The molecule has 2 amide bonds. The molecule has 0 unspecified atom stereocenters. The van der Waals surface area contributed by atoms with Gasteiger partial charge >= 0.3 is 0 Å². The summed E-state index contributed by atoms with van der Waals surface area (Å²) < 4.78 is 0. The van der Waals surface area contributed by atoms with Crippen molar-refractivity contribution in [1.29, 1.82) is 0 Å². The summed E-state index contributed by atoms with van der Waals surface area (Å²) in [6.07, 6.45) is 3.87. The molecule has 2 rings (SSSR count). The van der Waals surface area contributed by atoms with Crippen LogP contribution in [0.4, 0.5) is 0 Å². The van der Waals surface area contributed by atoms with E-state index in [-0.39, 0.29) is 17.7 Å². The van der Waals surface area contributed by atoms with Crippen LogP contribution in [0.2, 0.25) is 0 Å². The van der Waals surface area contributed by atoms with Crippen LogP contribution < -0.4 is 5.32 Å². The van der Waals surface area contributed by atoms with Crippen LogP contribution in [0, 0.1) is 5.92 Å². The van der Waals surface area contributed by atoms with Gasteiger partial charge in [0.15, 0.2) is 0 Å². The highest BCUT2D eigenvalue weighted by Gasteiger charge is 2.33. The molecule has 1 N–H and O–H groups in total. The van der Waals surface area contributed by atoms with Crippen LogP contribution in [0.25, 0.3) is 0 Å². The molecule has 6 heteroatoms. The molecule has 1 saturated carbocycles. The lowest BCUT2D eigenvalue weighted by Crippen LogP contribution is -2.32. The SMILES string of the molecule is CCCNC(=O)c1csc(CN(CCC)C(=O)C2CC2)n1. The minimum Gasteiger partial charge on any atom is -0.351 e. The molecule has 116 valence electrons. The van der Waals surface area contributed by atoms with E-state index in [1.54, 1.807) is 5.38 Å². The molecule has 1 heterocycles. The molecule has 1 aromatic rings. The van der Waals surface area contributed by atoms with Crippen LogP contribution >= 0.6 is 11.3 Å². The van der Waals surface area contributed by atoms with E-state index >= 15 is 0 Å². The second kappa shape index (κ2) is 7.54. The Morgan fingerprint density at radius 1 is 1.38 bits per heavy atom. The maximum absolute atomic E-state index is 12.2. The number of hydrogen-bond acceptors (Lipinski definition) is 4. The number of thiazole rings is 1. The van der Waals surface area contributed by atoms with Crippen molar-refractivity contribution in [3.05, 3.63) is 16.1 Å². The molecule has 1 aliphatic rings. The van der Waals surface area contributed by atoms with E-state index in [0.717, 1.165) is 37.2 Å². The Labute approximate surface area is 129 Å². The molecule has 0 spiro atoms. The van der Waals surface area contributed by atoms with Crippen molar-refractivity contribution in [1.82, 2.24) is 15.2 Å². The number of aromatic nitrogens is 1. The highest BCUT2D eigenvalue weighted by Crippen LogP contribution is 2.31. The van der Waals surface area contributed by atoms with Crippen molar-refractivity contribution >= 4 is 23.2 Å². The second-order valence-electron chi connectivity index (χ2n) is 5.42. The summed E-state index contributed by atoms with van der Waals surface area (Å²) in [6.45, 7) is 6.02. The molecule has 1 fully saturated rings. The normalized spacial score (nSPS) is 14.0. The van der Waals surface area contributed by atoms with Crippen LogP contribution in [-0.4, -0.2) is 34.8 Å². The maximum atomic E-state index is 12.2. The van der Waals surface area contributed by atoms with Crippen molar-refractivity contribution < 1.29 is 9.59 Å². The zero-order valence-corrected chi connectivity index (χ0v) is 13.5. The molecule has 0 bridgehead atoms. The molecule has 0 aliphatic heterocycles. The van der Waals surface area contributed by atoms with Crippen molar-refractivity contribution in [3.63, 3.8) is 0 Å². The summed E-state index contributed by atoms with van der Waals surface area (Å²) in [5, 5.41) is 5.42. The fourth-order valence-corrected chi connectivity index (χ4v) is 2.89. The Morgan fingerprint density at radius 2 is 2.14 bits per heavy atom. The third kappa shape index (κ3) is 4.52. The minimum atomic E-state index is -0.130. The largest absolute Gasteiger partial charge is 0.351 e. The molecule has 0 aromatic carbocycles. The zero-order chi connectivity index (χ0) is 15.2. The van der Waals surface area contributed by atoms with Crippen molar-refractivity contribution in [2.24, 2.45) is 5.92 Å². The fraction of sp³-hybridized carbons (Fsp3) is 0.667. The predicted octanol–water partition coefficient (Wildman–Crippen LogP) is 2.43. The van der Waals surface area contributed by atoms with Crippen LogP contribution in [0.5, 0.6) is 0 Å².